The first-order chi connectivity index (χ1) is 9.21. The van der Waals surface area contributed by atoms with Crippen LogP contribution in [0.2, 0.25) is 0 Å². The van der Waals surface area contributed by atoms with E-state index >= 15 is 0 Å². The predicted molar refractivity (Wildman–Crippen MR) is 65.3 cm³/mol. The minimum Gasteiger partial charge on any atom is -0.383 e. The molecule has 2 N–H and O–H groups in total. The van der Waals surface area contributed by atoms with Gasteiger partial charge in [0.05, 0.1) is 4.92 Å². The first-order valence-corrected chi connectivity index (χ1v) is 5.55. The number of anilines is 1. The fraction of sp³-hybridized carbons (Fsp3) is 0.364. The zero-order valence-electron chi connectivity index (χ0n) is 10.5. The summed E-state index contributed by atoms with van der Waals surface area (Å²) in [4.78, 5) is 20.1. The van der Waals surface area contributed by atoms with Crippen molar-refractivity contribution in [2.45, 2.75) is 13.1 Å². The van der Waals surface area contributed by atoms with Crippen LogP contribution in [0.25, 0.3) is 0 Å². The smallest absolute Gasteiger partial charge is 0.383 e. The molecule has 0 aromatic heterocycles. The lowest BCUT2D eigenvalue weighted by atomic mass is 10.1. The largest absolute Gasteiger partial charge is 0.423 e. The number of halogens is 3. The van der Waals surface area contributed by atoms with E-state index in [0.29, 0.717) is 6.07 Å². The molecular weight excluding hydrogens is 279 g/mol. The van der Waals surface area contributed by atoms with Crippen LogP contribution in [-0.2, 0) is 11.0 Å². The van der Waals surface area contributed by atoms with E-state index < -0.39 is 22.4 Å². The van der Waals surface area contributed by atoms with Crippen LogP contribution in [0.15, 0.2) is 18.2 Å². The van der Waals surface area contributed by atoms with Crippen LogP contribution in [0.5, 0.6) is 0 Å². The molecule has 0 aliphatic carbocycles. The van der Waals surface area contributed by atoms with Crippen molar-refractivity contribution in [1.29, 1.82) is 0 Å². The number of benzene rings is 1. The number of carbonyl (C=O) groups is 1. The van der Waals surface area contributed by atoms with Crippen molar-refractivity contribution in [3.8, 4) is 0 Å². The molecule has 1 aromatic carbocycles. The Hall–Kier alpha value is -2.32. The van der Waals surface area contributed by atoms with E-state index in [1.165, 1.54) is 13.0 Å². The molecule has 0 saturated heterocycles. The molecule has 0 fully saturated rings. The van der Waals surface area contributed by atoms with Gasteiger partial charge in [0.1, 0.15) is 5.56 Å². The number of alkyl halides is 3. The second kappa shape index (κ2) is 6.22. The molecule has 9 heteroatoms. The lowest BCUT2D eigenvalue weighted by molar-refractivity contribution is -0.388. The molecule has 0 aliphatic heterocycles. The van der Waals surface area contributed by atoms with E-state index in [9.17, 15) is 28.1 Å². The van der Waals surface area contributed by atoms with Crippen molar-refractivity contribution >= 4 is 17.3 Å². The van der Waals surface area contributed by atoms with Crippen molar-refractivity contribution in [2.24, 2.45) is 0 Å². The summed E-state index contributed by atoms with van der Waals surface area (Å²) in [6.45, 7) is 1.75. The van der Waals surface area contributed by atoms with Gasteiger partial charge in [-0.15, -0.1) is 0 Å². The summed E-state index contributed by atoms with van der Waals surface area (Å²) in [6.07, 6.45) is -4.81. The predicted octanol–water partition coefficient (Wildman–Crippen LogP) is 2.16. The molecule has 0 aliphatic rings. The highest BCUT2D eigenvalue weighted by Gasteiger charge is 2.38. The van der Waals surface area contributed by atoms with Crippen LogP contribution in [-0.4, -0.2) is 23.9 Å². The SMILES string of the molecule is CC(=O)NCCNc1ccc([N+](=O)[O-])c(C(F)(F)F)c1. The molecule has 0 bridgehead atoms. The van der Waals surface area contributed by atoms with E-state index in [2.05, 4.69) is 10.6 Å². The van der Waals surface area contributed by atoms with Crippen LogP contribution in [0.3, 0.4) is 0 Å². The highest BCUT2D eigenvalue weighted by Crippen LogP contribution is 2.37. The first kappa shape index (κ1) is 15.7. The Kier molecular flexibility index (Phi) is 4.89. The Morgan fingerprint density at radius 1 is 1.35 bits per heavy atom. The zero-order valence-corrected chi connectivity index (χ0v) is 10.5. The topological polar surface area (TPSA) is 84.3 Å². The van der Waals surface area contributed by atoms with Gasteiger partial charge in [-0.25, -0.2) is 0 Å². The van der Waals surface area contributed by atoms with Crippen LogP contribution < -0.4 is 10.6 Å². The van der Waals surface area contributed by atoms with Gasteiger partial charge in [-0.2, -0.15) is 13.2 Å². The molecule has 1 aromatic rings. The third-order valence-corrected chi connectivity index (χ3v) is 2.33. The molecule has 20 heavy (non-hydrogen) atoms. The minimum absolute atomic E-state index is 0.0910. The summed E-state index contributed by atoms with van der Waals surface area (Å²) in [5, 5.41) is 15.7. The van der Waals surface area contributed by atoms with Crippen molar-refractivity contribution in [1.82, 2.24) is 5.32 Å². The van der Waals surface area contributed by atoms with Gasteiger partial charge in [0.25, 0.3) is 5.69 Å². The van der Waals surface area contributed by atoms with Crippen molar-refractivity contribution in [3.63, 3.8) is 0 Å². The molecule has 1 rings (SSSR count). The van der Waals surface area contributed by atoms with E-state index in [4.69, 9.17) is 0 Å². The van der Waals surface area contributed by atoms with Crippen LogP contribution in [0.1, 0.15) is 12.5 Å². The molecule has 6 nitrogen and oxygen atoms in total. The summed E-state index contributed by atoms with van der Waals surface area (Å²) in [6, 6.07) is 2.65. The normalized spacial score (nSPS) is 11.0. The quantitative estimate of drug-likeness (QED) is 0.494. The van der Waals surface area contributed by atoms with Crippen LogP contribution in [0.4, 0.5) is 24.5 Å². The number of hydrogen-bond donors (Lipinski definition) is 2. The number of nitro benzene ring substituents is 1. The summed E-state index contributed by atoms with van der Waals surface area (Å²) >= 11 is 0. The van der Waals surface area contributed by atoms with Crippen molar-refractivity contribution in [2.75, 3.05) is 18.4 Å². The van der Waals surface area contributed by atoms with Gasteiger partial charge in [0, 0.05) is 31.8 Å². The van der Waals surface area contributed by atoms with Crippen molar-refractivity contribution < 1.29 is 22.9 Å². The number of amides is 1. The Balaban J connectivity index is 2.85. The van der Waals surface area contributed by atoms with E-state index in [1.54, 1.807) is 0 Å². The van der Waals surface area contributed by atoms with Gasteiger partial charge in [-0.1, -0.05) is 0 Å². The molecule has 0 atom stereocenters. The summed E-state index contributed by atoms with van der Waals surface area (Å²) in [5.41, 5.74) is -2.22. The fourth-order valence-electron chi connectivity index (χ4n) is 1.48. The maximum Gasteiger partial charge on any atom is 0.423 e. The highest BCUT2D eigenvalue weighted by molar-refractivity contribution is 5.72. The second-order valence-corrected chi connectivity index (χ2v) is 3.90. The second-order valence-electron chi connectivity index (χ2n) is 3.90. The summed E-state index contributed by atoms with van der Waals surface area (Å²) in [7, 11) is 0. The third-order valence-electron chi connectivity index (χ3n) is 2.33. The van der Waals surface area contributed by atoms with Gasteiger partial charge in [0.15, 0.2) is 0 Å². The first-order valence-electron chi connectivity index (χ1n) is 5.55. The van der Waals surface area contributed by atoms with E-state index in [0.717, 1.165) is 6.07 Å². The molecule has 0 spiro atoms. The van der Waals surface area contributed by atoms with Crippen molar-refractivity contribution in [3.05, 3.63) is 33.9 Å². The Morgan fingerprint density at radius 2 is 2.00 bits per heavy atom. The van der Waals surface area contributed by atoms with Gasteiger partial charge >= 0.3 is 6.18 Å². The fourth-order valence-corrected chi connectivity index (χ4v) is 1.48. The molecule has 0 unspecified atom stereocenters. The zero-order chi connectivity index (χ0) is 15.3. The molecule has 0 radical (unpaired) electrons. The Bertz CT molecular complexity index is 517. The minimum atomic E-state index is -4.81. The monoisotopic (exact) mass is 291 g/mol. The van der Waals surface area contributed by atoms with Gasteiger partial charge in [-0.05, 0) is 12.1 Å². The maximum absolute atomic E-state index is 12.7. The van der Waals surface area contributed by atoms with Gasteiger partial charge < -0.3 is 10.6 Å². The number of rotatable bonds is 5. The Labute approximate surface area is 112 Å². The molecule has 110 valence electrons. The summed E-state index contributed by atoms with van der Waals surface area (Å²) in [5.74, 6) is -0.258. The third kappa shape index (κ3) is 4.41. The van der Waals surface area contributed by atoms with Gasteiger partial charge in [-0.3, -0.25) is 14.9 Å². The molecule has 1 amide bonds. The van der Waals surface area contributed by atoms with Crippen LogP contribution in [0, 0.1) is 10.1 Å². The average molecular weight is 291 g/mol. The lowest BCUT2D eigenvalue weighted by Crippen LogP contribution is -2.26. The van der Waals surface area contributed by atoms with E-state index in [1.807, 2.05) is 0 Å². The highest BCUT2D eigenvalue weighted by atomic mass is 19.4. The Morgan fingerprint density at radius 3 is 2.50 bits per heavy atom. The number of nitrogens with zero attached hydrogens (tertiary/aromatic N) is 1. The standard InChI is InChI=1S/C11H12F3N3O3/c1-7(18)15-4-5-16-8-2-3-10(17(19)20)9(6-8)11(12,13)14/h2-3,6,16H,4-5H2,1H3,(H,15,18). The molecule has 0 saturated carbocycles. The summed E-state index contributed by atoms with van der Waals surface area (Å²) < 4.78 is 38.1. The molecule has 0 heterocycles. The number of carbonyl (C=O) groups excluding carboxylic acids is 1. The maximum atomic E-state index is 12.7. The number of nitro groups is 1. The van der Waals surface area contributed by atoms with E-state index in [-0.39, 0.29) is 24.7 Å². The number of nitrogens with one attached hydrogen (secondary N) is 2. The lowest BCUT2D eigenvalue weighted by Gasteiger charge is -2.11. The average Bonchev–Trinajstić information content (AvgIpc) is 2.33. The molecular formula is C11H12F3N3O3. The number of hydrogen-bond acceptors (Lipinski definition) is 4. The van der Waals surface area contributed by atoms with Crippen LogP contribution >= 0.6 is 0 Å². The van der Waals surface area contributed by atoms with Gasteiger partial charge in [0.2, 0.25) is 5.91 Å².